The molecule has 0 unspecified atom stereocenters. The summed E-state index contributed by atoms with van der Waals surface area (Å²) >= 11 is 0. The Bertz CT molecular complexity index is 658. The van der Waals surface area contributed by atoms with Gasteiger partial charge in [-0.2, -0.15) is 0 Å². The second-order valence-corrected chi connectivity index (χ2v) is 6.10. The van der Waals surface area contributed by atoms with E-state index < -0.39 is 20.7 Å². The molecule has 0 spiro atoms. The Morgan fingerprint density at radius 2 is 1.86 bits per heavy atom. The molecule has 0 atom stereocenters. The second kappa shape index (κ2) is 7.08. The van der Waals surface area contributed by atoms with Crippen LogP contribution in [0.5, 0.6) is 0 Å². The SMILES string of the molecule is C=C/C=C(/C(=O)O)S(=O)(=O)c1ccccc1N(CC)CC. The highest BCUT2D eigenvalue weighted by Crippen LogP contribution is 2.29. The number of sulfone groups is 1. The molecule has 114 valence electrons. The molecule has 0 amide bonds. The number of nitrogens with zero attached hydrogens (tertiary/aromatic N) is 1. The summed E-state index contributed by atoms with van der Waals surface area (Å²) in [5.74, 6) is -1.50. The van der Waals surface area contributed by atoms with Crippen molar-refractivity contribution in [1.29, 1.82) is 0 Å². The molecule has 0 heterocycles. The van der Waals surface area contributed by atoms with Crippen LogP contribution in [0.1, 0.15) is 13.8 Å². The predicted octanol–water partition coefficient (Wildman–Crippen LogP) is 2.46. The number of carboxylic acid groups (broad SMARTS) is 1. The van der Waals surface area contributed by atoms with Crippen LogP contribution in [0.15, 0.2) is 52.8 Å². The molecular weight excluding hydrogens is 290 g/mol. The van der Waals surface area contributed by atoms with Gasteiger partial charge < -0.3 is 10.0 Å². The van der Waals surface area contributed by atoms with Crippen molar-refractivity contribution in [3.8, 4) is 0 Å². The molecule has 1 rings (SSSR count). The van der Waals surface area contributed by atoms with E-state index in [1.165, 1.54) is 6.07 Å². The Labute approximate surface area is 125 Å². The topological polar surface area (TPSA) is 74.7 Å². The van der Waals surface area contributed by atoms with Gasteiger partial charge in [-0.1, -0.05) is 24.8 Å². The molecule has 0 saturated heterocycles. The molecule has 0 aliphatic rings. The van der Waals surface area contributed by atoms with Gasteiger partial charge in [-0.25, -0.2) is 13.2 Å². The highest BCUT2D eigenvalue weighted by molar-refractivity contribution is 7.96. The van der Waals surface area contributed by atoms with Gasteiger partial charge >= 0.3 is 5.97 Å². The van der Waals surface area contributed by atoms with Gasteiger partial charge in [0.2, 0.25) is 9.84 Å². The molecule has 1 aromatic carbocycles. The van der Waals surface area contributed by atoms with Crippen molar-refractivity contribution in [2.24, 2.45) is 0 Å². The second-order valence-electron chi connectivity index (χ2n) is 4.22. The number of carboxylic acids is 1. The van der Waals surface area contributed by atoms with Crippen molar-refractivity contribution in [3.05, 3.63) is 47.9 Å². The maximum absolute atomic E-state index is 12.6. The third kappa shape index (κ3) is 3.52. The van der Waals surface area contributed by atoms with Crippen LogP contribution < -0.4 is 4.90 Å². The highest BCUT2D eigenvalue weighted by Gasteiger charge is 2.29. The van der Waals surface area contributed by atoms with Crippen LogP contribution in [0.4, 0.5) is 5.69 Å². The first-order valence-corrected chi connectivity index (χ1v) is 8.03. The lowest BCUT2D eigenvalue weighted by molar-refractivity contribution is -0.131. The van der Waals surface area contributed by atoms with Crippen molar-refractivity contribution >= 4 is 21.5 Å². The fourth-order valence-electron chi connectivity index (χ4n) is 2.01. The monoisotopic (exact) mass is 309 g/mol. The first-order chi connectivity index (χ1) is 9.89. The van der Waals surface area contributed by atoms with Crippen molar-refractivity contribution in [2.75, 3.05) is 18.0 Å². The molecule has 21 heavy (non-hydrogen) atoms. The fourth-order valence-corrected chi connectivity index (χ4v) is 3.48. The van der Waals surface area contributed by atoms with Gasteiger partial charge in [0.15, 0.2) is 4.91 Å². The standard InChI is InChI=1S/C15H19NO4S/c1-4-9-14(15(17)18)21(19,20)13-11-8-7-10-12(13)16(5-2)6-3/h4,7-11H,1,5-6H2,2-3H3,(H,17,18)/b14-9-. The first-order valence-electron chi connectivity index (χ1n) is 6.55. The molecule has 0 aliphatic carbocycles. The van der Waals surface area contributed by atoms with Crippen LogP contribution in [0.25, 0.3) is 0 Å². The van der Waals surface area contributed by atoms with Gasteiger partial charge in [0, 0.05) is 13.1 Å². The smallest absolute Gasteiger partial charge is 0.347 e. The Hall–Kier alpha value is -2.08. The molecule has 0 aliphatic heterocycles. The molecule has 6 heteroatoms. The summed E-state index contributed by atoms with van der Waals surface area (Å²) in [6.07, 6.45) is 2.15. The maximum atomic E-state index is 12.6. The van der Waals surface area contributed by atoms with Gasteiger partial charge in [0.25, 0.3) is 0 Å². The number of benzene rings is 1. The van der Waals surface area contributed by atoms with E-state index in [4.69, 9.17) is 5.11 Å². The predicted molar refractivity (Wildman–Crippen MR) is 83.1 cm³/mol. The average Bonchev–Trinajstić information content (AvgIpc) is 2.46. The third-order valence-corrected chi connectivity index (χ3v) is 4.84. The van der Waals surface area contributed by atoms with Gasteiger partial charge in [-0.05, 0) is 32.1 Å². The van der Waals surface area contributed by atoms with Gasteiger partial charge in [0.1, 0.15) is 0 Å². The Morgan fingerprint density at radius 3 is 2.33 bits per heavy atom. The van der Waals surface area contributed by atoms with Crippen LogP contribution in [-0.4, -0.2) is 32.6 Å². The van der Waals surface area contributed by atoms with E-state index in [9.17, 15) is 13.2 Å². The molecule has 0 radical (unpaired) electrons. The third-order valence-electron chi connectivity index (χ3n) is 3.03. The van der Waals surface area contributed by atoms with Crippen LogP contribution in [-0.2, 0) is 14.6 Å². The molecular formula is C15H19NO4S. The van der Waals surface area contributed by atoms with Crippen molar-refractivity contribution in [3.63, 3.8) is 0 Å². The zero-order valence-corrected chi connectivity index (χ0v) is 12.9. The summed E-state index contributed by atoms with van der Waals surface area (Å²) < 4.78 is 25.2. The molecule has 0 bridgehead atoms. The number of para-hydroxylation sites is 1. The Balaban J connectivity index is 3.56. The minimum Gasteiger partial charge on any atom is -0.477 e. The molecule has 0 saturated carbocycles. The summed E-state index contributed by atoms with van der Waals surface area (Å²) in [7, 11) is -4.11. The summed E-state index contributed by atoms with van der Waals surface area (Å²) in [4.78, 5) is 12.4. The Morgan fingerprint density at radius 1 is 1.29 bits per heavy atom. The normalized spacial score (nSPS) is 12.0. The van der Waals surface area contributed by atoms with Crippen molar-refractivity contribution < 1.29 is 18.3 Å². The van der Waals surface area contributed by atoms with Crippen LogP contribution in [0, 0.1) is 0 Å². The minimum absolute atomic E-state index is 0.01000. The number of hydrogen-bond donors (Lipinski definition) is 1. The van der Waals surface area contributed by atoms with Crippen LogP contribution >= 0.6 is 0 Å². The quantitative estimate of drug-likeness (QED) is 0.618. The van der Waals surface area contributed by atoms with Gasteiger partial charge in [0.05, 0.1) is 10.6 Å². The Kier molecular flexibility index (Phi) is 5.72. The molecule has 0 fully saturated rings. The van der Waals surface area contributed by atoms with E-state index in [0.717, 1.165) is 12.2 Å². The number of anilines is 1. The fraction of sp³-hybridized carbons (Fsp3) is 0.267. The molecule has 1 N–H and O–H groups in total. The first kappa shape index (κ1) is 17.0. The van der Waals surface area contributed by atoms with E-state index in [-0.39, 0.29) is 4.90 Å². The zero-order chi connectivity index (χ0) is 16.0. The van der Waals surface area contributed by atoms with Crippen LogP contribution in [0.3, 0.4) is 0 Å². The largest absolute Gasteiger partial charge is 0.477 e. The van der Waals surface area contributed by atoms with Crippen molar-refractivity contribution in [1.82, 2.24) is 0 Å². The summed E-state index contributed by atoms with van der Waals surface area (Å²) in [5, 5.41) is 9.14. The number of allylic oxidation sites excluding steroid dienone is 2. The summed E-state index contributed by atoms with van der Waals surface area (Å²) in [6, 6.07) is 6.40. The highest BCUT2D eigenvalue weighted by atomic mass is 32.2. The molecule has 0 aromatic heterocycles. The number of hydrogen-bond acceptors (Lipinski definition) is 4. The van der Waals surface area contributed by atoms with Gasteiger partial charge in [-0.15, -0.1) is 0 Å². The van der Waals surface area contributed by atoms with E-state index >= 15 is 0 Å². The van der Waals surface area contributed by atoms with E-state index in [2.05, 4.69) is 6.58 Å². The zero-order valence-electron chi connectivity index (χ0n) is 12.1. The minimum atomic E-state index is -4.11. The summed E-state index contributed by atoms with van der Waals surface area (Å²) in [5.41, 5.74) is 0.499. The number of aliphatic carboxylic acids is 1. The molecule has 1 aromatic rings. The summed E-state index contributed by atoms with van der Waals surface area (Å²) in [6.45, 7) is 8.42. The number of rotatable bonds is 7. The lowest BCUT2D eigenvalue weighted by Crippen LogP contribution is -2.25. The van der Waals surface area contributed by atoms with Crippen LogP contribution in [0.2, 0.25) is 0 Å². The lowest BCUT2D eigenvalue weighted by atomic mass is 10.3. The average molecular weight is 309 g/mol. The van der Waals surface area contributed by atoms with E-state index in [0.29, 0.717) is 18.8 Å². The molecule has 5 nitrogen and oxygen atoms in total. The number of carbonyl (C=O) groups is 1. The maximum Gasteiger partial charge on any atom is 0.347 e. The lowest BCUT2D eigenvalue weighted by Gasteiger charge is -2.23. The van der Waals surface area contributed by atoms with E-state index in [1.54, 1.807) is 18.2 Å². The van der Waals surface area contributed by atoms with Gasteiger partial charge in [-0.3, -0.25) is 0 Å². The van der Waals surface area contributed by atoms with E-state index in [1.807, 2.05) is 18.7 Å². The van der Waals surface area contributed by atoms with Crippen molar-refractivity contribution in [2.45, 2.75) is 18.7 Å².